The lowest BCUT2D eigenvalue weighted by Gasteiger charge is -2.16. The highest BCUT2D eigenvalue weighted by atomic mass is 35.5. The average Bonchev–Trinajstić information content (AvgIpc) is 3.27. The maximum atomic E-state index is 6.31. The van der Waals surface area contributed by atoms with Gasteiger partial charge in [-0.2, -0.15) is 0 Å². The molecule has 1 heterocycles. The molecule has 0 aliphatic carbocycles. The Morgan fingerprint density at radius 2 is 1.93 bits per heavy atom. The monoisotopic (exact) mass is 439 g/mol. The van der Waals surface area contributed by atoms with E-state index in [0.29, 0.717) is 16.7 Å². The molecule has 3 aromatic carbocycles. The number of aromatic nitrogens is 2. The third kappa shape index (κ3) is 5.14. The lowest BCUT2D eigenvalue weighted by atomic mass is 10.0. The predicted molar refractivity (Wildman–Crippen MR) is 123 cm³/mol. The summed E-state index contributed by atoms with van der Waals surface area (Å²) in [5, 5.41) is 7.18. The molecule has 4 nitrogen and oxygen atoms in total. The van der Waals surface area contributed by atoms with E-state index in [0.717, 1.165) is 42.9 Å². The molecule has 0 amide bonds. The molecule has 0 fully saturated rings. The topological polar surface area (TPSA) is 39.1 Å². The van der Waals surface area contributed by atoms with Crippen molar-refractivity contribution < 1.29 is 4.74 Å². The maximum absolute atomic E-state index is 6.31. The van der Waals surface area contributed by atoms with E-state index in [9.17, 15) is 0 Å². The molecule has 154 valence electrons. The number of fused-ring (bicyclic) bond motifs is 1. The van der Waals surface area contributed by atoms with E-state index in [1.807, 2.05) is 30.7 Å². The van der Waals surface area contributed by atoms with Gasteiger partial charge in [-0.3, -0.25) is 0 Å². The second-order valence-electron chi connectivity index (χ2n) is 7.12. The molecule has 0 atom stereocenters. The number of hydrogen-bond acceptors (Lipinski definition) is 3. The van der Waals surface area contributed by atoms with Gasteiger partial charge in [0.2, 0.25) is 0 Å². The average molecular weight is 440 g/mol. The van der Waals surface area contributed by atoms with E-state index in [1.54, 1.807) is 12.3 Å². The summed E-state index contributed by atoms with van der Waals surface area (Å²) in [5.74, 6) is 0.863. The highest BCUT2D eigenvalue weighted by Gasteiger charge is 2.10. The van der Waals surface area contributed by atoms with E-state index in [4.69, 9.17) is 27.9 Å². The molecule has 0 saturated carbocycles. The van der Waals surface area contributed by atoms with Crippen molar-refractivity contribution in [2.75, 3.05) is 6.54 Å². The highest BCUT2D eigenvalue weighted by molar-refractivity contribution is 6.35. The Hall–Kier alpha value is -2.53. The molecule has 1 aromatic heterocycles. The summed E-state index contributed by atoms with van der Waals surface area (Å²) < 4.78 is 8.28. The Morgan fingerprint density at radius 1 is 1.03 bits per heavy atom. The largest absolute Gasteiger partial charge is 0.488 e. The summed E-state index contributed by atoms with van der Waals surface area (Å²) >= 11 is 12.3. The van der Waals surface area contributed by atoms with Crippen LogP contribution in [0.15, 0.2) is 73.3 Å². The van der Waals surface area contributed by atoms with Crippen LogP contribution in [0.2, 0.25) is 10.0 Å². The minimum Gasteiger partial charge on any atom is -0.488 e. The normalized spacial score (nSPS) is 11.1. The van der Waals surface area contributed by atoms with Crippen molar-refractivity contribution in [2.24, 2.45) is 0 Å². The standard InChI is InChI=1S/C24H23Cl2N3O/c25-20-8-6-19(23(26)14-20)16-30-24-9-7-18-4-1-2-5-21(18)22(24)15-27-10-3-12-29-13-11-28-17-29/h1-2,4-9,11,13-14,17,27H,3,10,12,15-16H2. The Kier molecular flexibility index (Phi) is 6.90. The summed E-state index contributed by atoms with van der Waals surface area (Å²) in [4.78, 5) is 4.08. The van der Waals surface area contributed by atoms with Crippen molar-refractivity contribution in [1.82, 2.24) is 14.9 Å². The van der Waals surface area contributed by atoms with Gasteiger partial charge in [0.25, 0.3) is 0 Å². The molecule has 0 radical (unpaired) electrons. The van der Waals surface area contributed by atoms with Crippen LogP contribution in [0.1, 0.15) is 17.5 Å². The summed E-state index contributed by atoms with van der Waals surface area (Å²) in [6, 6.07) is 18.0. The zero-order chi connectivity index (χ0) is 20.8. The number of hydrogen-bond donors (Lipinski definition) is 1. The number of nitrogens with one attached hydrogen (secondary N) is 1. The van der Waals surface area contributed by atoms with Gasteiger partial charge < -0.3 is 14.6 Å². The number of benzene rings is 3. The molecule has 4 rings (SSSR count). The first kappa shape index (κ1) is 20.7. The smallest absolute Gasteiger partial charge is 0.124 e. The predicted octanol–water partition coefficient (Wildman–Crippen LogP) is 6.10. The van der Waals surface area contributed by atoms with E-state index in [1.165, 1.54) is 10.8 Å². The highest BCUT2D eigenvalue weighted by Crippen LogP contribution is 2.30. The van der Waals surface area contributed by atoms with Crippen LogP contribution in [0, 0.1) is 0 Å². The molecule has 30 heavy (non-hydrogen) atoms. The van der Waals surface area contributed by atoms with Crippen LogP contribution in [-0.4, -0.2) is 16.1 Å². The molecule has 0 aliphatic heterocycles. The second-order valence-corrected chi connectivity index (χ2v) is 7.96. The van der Waals surface area contributed by atoms with Gasteiger partial charge >= 0.3 is 0 Å². The summed E-state index contributed by atoms with van der Waals surface area (Å²) in [5.41, 5.74) is 2.06. The molecule has 4 aromatic rings. The van der Waals surface area contributed by atoms with Gasteiger partial charge in [0, 0.05) is 46.7 Å². The van der Waals surface area contributed by atoms with E-state index in [-0.39, 0.29) is 0 Å². The first-order chi connectivity index (χ1) is 14.7. The van der Waals surface area contributed by atoms with E-state index in [2.05, 4.69) is 45.2 Å². The zero-order valence-corrected chi connectivity index (χ0v) is 18.0. The van der Waals surface area contributed by atoms with Gasteiger partial charge in [0.1, 0.15) is 12.4 Å². The number of rotatable bonds is 9. The lowest BCUT2D eigenvalue weighted by Crippen LogP contribution is -2.17. The van der Waals surface area contributed by atoms with E-state index >= 15 is 0 Å². The summed E-state index contributed by atoms with van der Waals surface area (Å²) in [6.07, 6.45) is 6.66. The van der Waals surface area contributed by atoms with Gasteiger partial charge in [0.05, 0.1) is 6.33 Å². The number of nitrogens with zero attached hydrogens (tertiary/aromatic N) is 2. The molecule has 0 unspecified atom stereocenters. The molecule has 0 saturated heterocycles. The molecular weight excluding hydrogens is 417 g/mol. The number of ether oxygens (including phenoxy) is 1. The summed E-state index contributed by atoms with van der Waals surface area (Å²) in [7, 11) is 0. The molecule has 6 heteroatoms. The first-order valence-electron chi connectivity index (χ1n) is 9.94. The minimum atomic E-state index is 0.391. The van der Waals surface area contributed by atoms with Crippen molar-refractivity contribution >= 4 is 34.0 Å². The Morgan fingerprint density at radius 3 is 2.77 bits per heavy atom. The number of aryl methyl sites for hydroxylation is 1. The quantitative estimate of drug-likeness (QED) is 0.320. The van der Waals surface area contributed by atoms with Crippen molar-refractivity contribution in [2.45, 2.75) is 26.1 Å². The van der Waals surface area contributed by atoms with Gasteiger partial charge in [-0.25, -0.2) is 4.98 Å². The van der Waals surface area contributed by atoms with Gasteiger partial charge in [0.15, 0.2) is 0 Å². The second kappa shape index (κ2) is 9.98. The number of imidazole rings is 1. The molecule has 0 bridgehead atoms. The fraction of sp³-hybridized carbons (Fsp3) is 0.208. The SMILES string of the molecule is Clc1ccc(COc2ccc3ccccc3c2CNCCCn2ccnc2)c(Cl)c1. The van der Waals surface area contributed by atoms with Crippen LogP contribution in [0.3, 0.4) is 0 Å². The first-order valence-corrected chi connectivity index (χ1v) is 10.7. The molecular formula is C24H23Cl2N3O. The zero-order valence-electron chi connectivity index (χ0n) is 16.5. The van der Waals surface area contributed by atoms with Crippen molar-refractivity contribution in [1.29, 1.82) is 0 Å². The van der Waals surface area contributed by atoms with Gasteiger partial charge in [-0.05, 0) is 41.9 Å². The van der Waals surface area contributed by atoms with Gasteiger partial charge in [-0.1, -0.05) is 59.6 Å². The maximum Gasteiger partial charge on any atom is 0.124 e. The van der Waals surface area contributed by atoms with Gasteiger partial charge in [-0.15, -0.1) is 0 Å². The fourth-order valence-electron chi connectivity index (χ4n) is 3.45. The lowest BCUT2D eigenvalue weighted by molar-refractivity contribution is 0.303. The number of halogens is 2. The molecule has 0 aliphatic rings. The molecule has 1 N–H and O–H groups in total. The fourth-order valence-corrected chi connectivity index (χ4v) is 3.91. The Bertz CT molecular complexity index is 1110. The summed E-state index contributed by atoms with van der Waals surface area (Å²) in [6.45, 7) is 2.97. The Balaban J connectivity index is 1.46. The third-order valence-electron chi connectivity index (χ3n) is 5.03. The van der Waals surface area contributed by atoms with Crippen LogP contribution in [0.5, 0.6) is 5.75 Å². The minimum absolute atomic E-state index is 0.391. The molecule has 0 spiro atoms. The third-order valence-corrected chi connectivity index (χ3v) is 5.61. The van der Waals surface area contributed by atoms with Crippen LogP contribution in [0.25, 0.3) is 10.8 Å². The van der Waals surface area contributed by atoms with Crippen molar-refractivity contribution in [3.8, 4) is 5.75 Å². The van der Waals surface area contributed by atoms with Crippen LogP contribution >= 0.6 is 23.2 Å². The van der Waals surface area contributed by atoms with Crippen molar-refractivity contribution in [3.63, 3.8) is 0 Å². The van der Waals surface area contributed by atoms with Crippen LogP contribution in [-0.2, 0) is 19.7 Å². The van der Waals surface area contributed by atoms with Crippen LogP contribution in [0.4, 0.5) is 0 Å². The Labute approximate surface area is 186 Å². The van der Waals surface area contributed by atoms with Crippen LogP contribution < -0.4 is 10.1 Å². The van der Waals surface area contributed by atoms with Crippen molar-refractivity contribution in [3.05, 3.63) is 94.5 Å². The van der Waals surface area contributed by atoms with E-state index < -0.39 is 0 Å².